The summed E-state index contributed by atoms with van der Waals surface area (Å²) in [6, 6.07) is 3.83. The van der Waals surface area contributed by atoms with Gasteiger partial charge in [0, 0.05) is 25.8 Å². The highest BCUT2D eigenvalue weighted by molar-refractivity contribution is 5.64. The van der Waals surface area contributed by atoms with Gasteiger partial charge in [-0.25, -0.2) is 4.98 Å². The first-order chi connectivity index (χ1) is 8.34. The van der Waals surface area contributed by atoms with Crippen LogP contribution in [0.1, 0.15) is 5.69 Å². The minimum absolute atomic E-state index is 0.723. The molecule has 2 aromatic heterocycles. The van der Waals surface area contributed by atoms with Crippen LogP contribution in [0.4, 0.5) is 5.69 Å². The van der Waals surface area contributed by atoms with Crippen LogP contribution in [0.2, 0.25) is 0 Å². The Morgan fingerprint density at radius 2 is 2.18 bits per heavy atom. The van der Waals surface area contributed by atoms with Crippen molar-refractivity contribution < 1.29 is 4.74 Å². The van der Waals surface area contributed by atoms with Crippen LogP contribution in [0.3, 0.4) is 0 Å². The molecule has 2 N–H and O–H groups in total. The monoisotopic (exact) mass is 232 g/mol. The van der Waals surface area contributed by atoms with E-state index in [2.05, 4.69) is 14.3 Å². The van der Waals surface area contributed by atoms with E-state index in [1.54, 1.807) is 0 Å². The molecular formula is C12H16N4O. The Balaban J connectivity index is 1.87. The molecule has 0 amide bonds. The van der Waals surface area contributed by atoms with Crippen LogP contribution in [0.5, 0.6) is 0 Å². The SMILES string of the molecule is Nc1cccn2c(CN3CCOCC3)cnc12. The van der Waals surface area contributed by atoms with Crippen LogP contribution in [0, 0.1) is 0 Å². The largest absolute Gasteiger partial charge is 0.396 e. The van der Waals surface area contributed by atoms with Crippen molar-refractivity contribution in [3.8, 4) is 0 Å². The Bertz CT molecular complexity index is 516. The molecule has 0 aromatic carbocycles. The minimum Gasteiger partial charge on any atom is -0.396 e. The maximum Gasteiger partial charge on any atom is 0.160 e. The van der Waals surface area contributed by atoms with Crippen LogP contribution >= 0.6 is 0 Å². The first-order valence-corrected chi connectivity index (χ1v) is 5.85. The summed E-state index contributed by atoms with van der Waals surface area (Å²) < 4.78 is 7.40. The fraction of sp³-hybridized carbons (Fsp3) is 0.417. The number of anilines is 1. The third-order valence-corrected chi connectivity index (χ3v) is 3.13. The number of fused-ring (bicyclic) bond motifs is 1. The summed E-state index contributed by atoms with van der Waals surface area (Å²) in [5, 5.41) is 0. The van der Waals surface area contributed by atoms with Crippen molar-refractivity contribution in [2.75, 3.05) is 32.0 Å². The molecule has 5 heteroatoms. The molecule has 0 radical (unpaired) electrons. The van der Waals surface area contributed by atoms with Crippen molar-refractivity contribution in [2.45, 2.75) is 6.54 Å². The lowest BCUT2D eigenvalue weighted by molar-refractivity contribution is 0.0335. The molecule has 5 nitrogen and oxygen atoms in total. The number of hydrogen-bond acceptors (Lipinski definition) is 4. The summed E-state index contributed by atoms with van der Waals surface area (Å²) >= 11 is 0. The second-order valence-electron chi connectivity index (χ2n) is 4.30. The molecule has 1 fully saturated rings. The van der Waals surface area contributed by atoms with E-state index in [1.165, 1.54) is 5.69 Å². The zero-order valence-electron chi connectivity index (χ0n) is 9.67. The van der Waals surface area contributed by atoms with Gasteiger partial charge in [0.25, 0.3) is 0 Å². The molecular weight excluding hydrogens is 216 g/mol. The number of pyridine rings is 1. The maximum absolute atomic E-state index is 5.89. The summed E-state index contributed by atoms with van der Waals surface area (Å²) in [5.41, 5.74) is 8.63. The van der Waals surface area contributed by atoms with E-state index in [0.717, 1.165) is 44.2 Å². The number of hydrogen-bond donors (Lipinski definition) is 1. The summed E-state index contributed by atoms with van der Waals surface area (Å²) in [6.45, 7) is 4.50. The molecule has 0 saturated carbocycles. The third kappa shape index (κ3) is 1.99. The van der Waals surface area contributed by atoms with Gasteiger partial charge in [0.1, 0.15) is 0 Å². The molecule has 1 aliphatic heterocycles. The van der Waals surface area contributed by atoms with Crippen molar-refractivity contribution in [2.24, 2.45) is 0 Å². The van der Waals surface area contributed by atoms with Crippen molar-refractivity contribution in [3.05, 3.63) is 30.2 Å². The van der Waals surface area contributed by atoms with Gasteiger partial charge in [0.2, 0.25) is 0 Å². The van der Waals surface area contributed by atoms with Gasteiger partial charge in [-0.2, -0.15) is 0 Å². The van der Waals surface area contributed by atoms with E-state index in [-0.39, 0.29) is 0 Å². The molecule has 17 heavy (non-hydrogen) atoms. The highest BCUT2D eigenvalue weighted by atomic mass is 16.5. The van der Waals surface area contributed by atoms with Crippen LogP contribution in [0.25, 0.3) is 5.65 Å². The standard InChI is InChI=1S/C12H16N4O/c13-11-2-1-3-16-10(8-14-12(11)16)9-15-4-6-17-7-5-15/h1-3,8H,4-7,9,13H2. The Morgan fingerprint density at radius 3 is 3.00 bits per heavy atom. The van der Waals surface area contributed by atoms with E-state index in [0.29, 0.717) is 0 Å². The van der Waals surface area contributed by atoms with Gasteiger partial charge in [-0.1, -0.05) is 0 Å². The van der Waals surface area contributed by atoms with Gasteiger partial charge in [-0.3, -0.25) is 4.90 Å². The second kappa shape index (κ2) is 4.35. The minimum atomic E-state index is 0.723. The lowest BCUT2D eigenvalue weighted by Gasteiger charge is -2.26. The van der Waals surface area contributed by atoms with Crippen LogP contribution in [-0.4, -0.2) is 40.6 Å². The summed E-state index contributed by atoms with van der Waals surface area (Å²) in [4.78, 5) is 6.73. The van der Waals surface area contributed by atoms with E-state index >= 15 is 0 Å². The molecule has 3 heterocycles. The normalized spacial score (nSPS) is 17.6. The van der Waals surface area contributed by atoms with E-state index in [4.69, 9.17) is 10.5 Å². The summed E-state index contributed by atoms with van der Waals surface area (Å²) in [6.07, 6.45) is 3.91. The predicted octanol–water partition coefficient (Wildman–Crippen LogP) is 0.749. The van der Waals surface area contributed by atoms with Gasteiger partial charge in [0.05, 0.1) is 30.8 Å². The zero-order chi connectivity index (χ0) is 11.7. The van der Waals surface area contributed by atoms with Crippen molar-refractivity contribution in [1.82, 2.24) is 14.3 Å². The summed E-state index contributed by atoms with van der Waals surface area (Å²) in [5.74, 6) is 0. The first-order valence-electron chi connectivity index (χ1n) is 5.85. The average molecular weight is 232 g/mol. The smallest absolute Gasteiger partial charge is 0.160 e. The fourth-order valence-corrected chi connectivity index (χ4v) is 2.19. The first kappa shape index (κ1) is 10.6. The number of aromatic nitrogens is 2. The molecule has 0 bridgehead atoms. The Morgan fingerprint density at radius 1 is 1.35 bits per heavy atom. The molecule has 0 unspecified atom stereocenters. The highest BCUT2D eigenvalue weighted by Crippen LogP contribution is 2.15. The van der Waals surface area contributed by atoms with E-state index < -0.39 is 0 Å². The van der Waals surface area contributed by atoms with Crippen molar-refractivity contribution in [1.29, 1.82) is 0 Å². The van der Waals surface area contributed by atoms with Gasteiger partial charge in [-0.05, 0) is 12.1 Å². The molecule has 1 saturated heterocycles. The van der Waals surface area contributed by atoms with Crippen LogP contribution in [0.15, 0.2) is 24.5 Å². The lowest BCUT2D eigenvalue weighted by Crippen LogP contribution is -2.35. The zero-order valence-corrected chi connectivity index (χ0v) is 9.67. The number of nitrogen functional groups attached to an aromatic ring is 1. The number of morpholine rings is 1. The highest BCUT2D eigenvalue weighted by Gasteiger charge is 2.13. The fourth-order valence-electron chi connectivity index (χ4n) is 2.19. The molecule has 2 aromatic rings. The second-order valence-corrected chi connectivity index (χ2v) is 4.30. The van der Waals surface area contributed by atoms with Crippen molar-refractivity contribution in [3.63, 3.8) is 0 Å². The maximum atomic E-state index is 5.89. The van der Waals surface area contributed by atoms with Gasteiger partial charge < -0.3 is 14.9 Å². The number of nitrogens with two attached hydrogens (primary N) is 1. The van der Waals surface area contributed by atoms with Gasteiger partial charge >= 0.3 is 0 Å². The molecule has 0 spiro atoms. The Labute approximate surface area is 99.8 Å². The molecule has 0 aliphatic carbocycles. The number of nitrogens with zero attached hydrogens (tertiary/aromatic N) is 3. The quantitative estimate of drug-likeness (QED) is 0.830. The molecule has 0 atom stereocenters. The van der Waals surface area contributed by atoms with Gasteiger partial charge in [0.15, 0.2) is 5.65 Å². The van der Waals surface area contributed by atoms with Crippen LogP contribution in [-0.2, 0) is 11.3 Å². The van der Waals surface area contributed by atoms with Crippen molar-refractivity contribution >= 4 is 11.3 Å². The Kier molecular flexibility index (Phi) is 2.70. The third-order valence-electron chi connectivity index (χ3n) is 3.13. The predicted molar refractivity (Wildman–Crippen MR) is 65.7 cm³/mol. The summed E-state index contributed by atoms with van der Waals surface area (Å²) in [7, 11) is 0. The molecule has 1 aliphatic rings. The molecule has 90 valence electrons. The van der Waals surface area contributed by atoms with Gasteiger partial charge in [-0.15, -0.1) is 0 Å². The van der Waals surface area contributed by atoms with E-state index in [9.17, 15) is 0 Å². The lowest BCUT2D eigenvalue weighted by atomic mass is 10.3. The topological polar surface area (TPSA) is 55.8 Å². The average Bonchev–Trinajstić information content (AvgIpc) is 2.76. The Hall–Kier alpha value is -1.59. The molecule has 3 rings (SSSR count). The number of imidazole rings is 1. The van der Waals surface area contributed by atoms with E-state index in [1.807, 2.05) is 24.5 Å². The van der Waals surface area contributed by atoms with Crippen LogP contribution < -0.4 is 5.73 Å². The number of rotatable bonds is 2. The number of ether oxygens (including phenoxy) is 1.